The number of fused-ring (bicyclic) bond motifs is 2. The Balaban J connectivity index is 1.94. The van der Waals surface area contributed by atoms with Crippen LogP contribution >= 0.6 is 0 Å². The van der Waals surface area contributed by atoms with Crippen molar-refractivity contribution >= 4 is 39.9 Å². The molecule has 1 aromatic carbocycles. The summed E-state index contributed by atoms with van der Waals surface area (Å²) in [5.41, 5.74) is 19.8. The van der Waals surface area contributed by atoms with E-state index in [0.717, 1.165) is 5.56 Å². The van der Waals surface area contributed by atoms with Gasteiger partial charge in [0.15, 0.2) is 11.2 Å². The third-order valence-electron chi connectivity index (χ3n) is 4.49. The molecule has 0 bridgehead atoms. The zero-order valence-corrected chi connectivity index (χ0v) is 15.8. The number of nitrogen functional groups attached to an aromatic ring is 3. The summed E-state index contributed by atoms with van der Waals surface area (Å²) in [5.74, 6) is 0.298. The van der Waals surface area contributed by atoms with Gasteiger partial charge in [-0.05, 0) is 45.4 Å². The van der Waals surface area contributed by atoms with Crippen molar-refractivity contribution in [2.45, 2.75) is 38.8 Å². The van der Waals surface area contributed by atoms with Crippen molar-refractivity contribution in [2.75, 3.05) is 17.2 Å². The van der Waals surface area contributed by atoms with E-state index in [1.807, 2.05) is 19.1 Å². The molecule has 1 atom stereocenters. The lowest BCUT2D eigenvalue weighted by atomic mass is 10.0. The molecule has 0 aliphatic rings. The molecule has 7 N–H and O–H groups in total. The lowest BCUT2D eigenvalue weighted by molar-refractivity contribution is 0.0558. The van der Waals surface area contributed by atoms with Crippen LogP contribution in [0.25, 0.3) is 33.4 Å². The molecule has 146 valence electrons. The van der Waals surface area contributed by atoms with Crippen molar-refractivity contribution in [3.8, 4) is 11.3 Å². The lowest BCUT2D eigenvalue weighted by Crippen LogP contribution is -2.24. The summed E-state index contributed by atoms with van der Waals surface area (Å²) >= 11 is 0. The van der Waals surface area contributed by atoms with Crippen LogP contribution in [0.3, 0.4) is 0 Å². The van der Waals surface area contributed by atoms with Crippen molar-refractivity contribution in [1.82, 2.24) is 24.7 Å². The maximum Gasteiger partial charge on any atom is 0.292 e. The first-order valence-corrected chi connectivity index (χ1v) is 8.82. The topological polar surface area (TPSA) is 168 Å². The van der Waals surface area contributed by atoms with Gasteiger partial charge in [-0.3, -0.25) is 0 Å². The summed E-state index contributed by atoms with van der Waals surface area (Å²) in [4.78, 5) is 12.6. The zero-order chi connectivity index (χ0) is 20.2. The Morgan fingerprint density at radius 2 is 1.93 bits per heavy atom. The van der Waals surface area contributed by atoms with E-state index in [0.29, 0.717) is 34.2 Å². The van der Waals surface area contributed by atoms with E-state index in [-0.39, 0.29) is 23.8 Å². The van der Waals surface area contributed by atoms with Crippen LogP contribution in [0, 0.1) is 0 Å². The van der Waals surface area contributed by atoms with E-state index >= 15 is 0 Å². The Morgan fingerprint density at radius 3 is 2.64 bits per heavy atom. The van der Waals surface area contributed by atoms with E-state index in [9.17, 15) is 5.11 Å². The third-order valence-corrected chi connectivity index (χ3v) is 4.49. The summed E-state index contributed by atoms with van der Waals surface area (Å²) in [6, 6.07) is 5.37. The van der Waals surface area contributed by atoms with Crippen molar-refractivity contribution in [3.63, 3.8) is 0 Å². The van der Waals surface area contributed by atoms with Crippen molar-refractivity contribution in [3.05, 3.63) is 18.2 Å². The molecule has 28 heavy (non-hydrogen) atoms. The maximum atomic E-state index is 10.2. The second kappa shape index (κ2) is 6.06. The first kappa shape index (κ1) is 18.0. The van der Waals surface area contributed by atoms with E-state index < -0.39 is 5.60 Å². The molecule has 0 saturated carbocycles. The normalized spacial score (nSPS) is 13.4. The van der Waals surface area contributed by atoms with Crippen LogP contribution in [0.5, 0.6) is 0 Å². The Bertz CT molecular complexity index is 1190. The first-order chi connectivity index (χ1) is 13.1. The van der Waals surface area contributed by atoms with Gasteiger partial charge in [0.1, 0.15) is 17.0 Å². The molecule has 0 unspecified atom stereocenters. The van der Waals surface area contributed by atoms with Crippen LogP contribution in [-0.2, 0) is 0 Å². The highest BCUT2D eigenvalue weighted by molar-refractivity contribution is 6.00. The predicted molar refractivity (Wildman–Crippen MR) is 107 cm³/mol. The van der Waals surface area contributed by atoms with Gasteiger partial charge in [-0.15, -0.1) is 0 Å². The highest BCUT2D eigenvalue weighted by Crippen LogP contribution is 2.35. The van der Waals surface area contributed by atoms with Gasteiger partial charge in [0, 0.05) is 5.56 Å². The van der Waals surface area contributed by atoms with E-state index in [1.54, 1.807) is 24.6 Å². The number of hydrogen-bond acceptors (Lipinski definition) is 9. The molecular weight excluding hydrogens is 360 g/mol. The lowest BCUT2D eigenvalue weighted by Gasteiger charge is -2.22. The minimum absolute atomic E-state index is 0.0629. The molecule has 0 spiro atoms. The molecular formula is C18H22N8O2. The number of aromatic nitrogens is 5. The quantitative estimate of drug-likeness (QED) is 0.413. The number of aliphatic hydroxyl groups is 1. The van der Waals surface area contributed by atoms with Gasteiger partial charge >= 0.3 is 0 Å². The molecule has 10 heteroatoms. The Hall–Kier alpha value is -3.40. The van der Waals surface area contributed by atoms with Crippen LogP contribution < -0.4 is 17.2 Å². The first-order valence-electron chi connectivity index (χ1n) is 8.82. The molecule has 3 aromatic heterocycles. The van der Waals surface area contributed by atoms with Gasteiger partial charge in [0.2, 0.25) is 5.95 Å². The van der Waals surface area contributed by atoms with Crippen LogP contribution in [0.4, 0.5) is 17.8 Å². The smallest absolute Gasteiger partial charge is 0.292 e. The van der Waals surface area contributed by atoms with Crippen molar-refractivity contribution in [2.24, 2.45) is 0 Å². The number of benzene rings is 1. The van der Waals surface area contributed by atoms with Gasteiger partial charge in [0.25, 0.3) is 6.01 Å². The zero-order valence-electron chi connectivity index (χ0n) is 15.8. The van der Waals surface area contributed by atoms with Gasteiger partial charge in [0.05, 0.1) is 17.0 Å². The molecule has 0 radical (unpaired) electrons. The highest BCUT2D eigenvalue weighted by Gasteiger charge is 2.25. The number of nitrogens with zero attached hydrogens (tertiary/aromatic N) is 5. The van der Waals surface area contributed by atoms with Gasteiger partial charge in [-0.25, -0.2) is 4.68 Å². The summed E-state index contributed by atoms with van der Waals surface area (Å²) in [6.45, 7) is 5.44. The average molecular weight is 382 g/mol. The summed E-state index contributed by atoms with van der Waals surface area (Å²) in [6.07, 6.45) is 0.464. The maximum absolute atomic E-state index is 10.2. The number of nitrogens with two attached hydrogens (primary N) is 3. The van der Waals surface area contributed by atoms with Gasteiger partial charge < -0.3 is 26.7 Å². The van der Waals surface area contributed by atoms with Gasteiger partial charge in [-0.1, -0.05) is 0 Å². The van der Waals surface area contributed by atoms with E-state index in [1.165, 1.54) is 0 Å². The number of oxazole rings is 1. The fourth-order valence-corrected chi connectivity index (χ4v) is 3.49. The summed E-state index contributed by atoms with van der Waals surface area (Å²) in [7, 11) is 0. The molecule has 0 aliphatic carbocycles. The van der Waals surface area contributed by atoms with Crippen LogP contribution in [-0.4, -0.2) is 35.4 Å². The van der Waals surface area contributed by atoms with Crippen LogP contribution in [0.2, 0.25) is 0 Å². The second-order valence-electron chi connectivity index (χ2n) is 7.56. The molecule has 10 nitrogen and oxygen atoms in total. The highest BCUT2D eigenvalue weighted by atomic mass is 16.4. The number of hydrogen-bond donors (Lipinski definition) is 4. The second-order valence-corrected chi connectivity index (χ2v) is 7.56. The molecule has 0 amide bonds. The molecule has 0 fully saturated rings. The molecule has 4 aromatic rings. The minimum atomic E-state index is -0.876. The number of anilines is 3. The van der Waals surface area contributed by atoms with Crippen LogP contribution in [0.15, 0.2) is 22.6 Å². The Kier molecular flexibility index (Phi) is 3.89. The summed E-state index contributed by atoms with van der Waals surface area (Å²) < 4.78 is 7.05. The van der Waals surface area contributed by atoms with Crippen LogP contribution in [0.1, 0.15) is 33.2 Å². The largest absolute Gasteiger partial charge is 0.424 e. The monoisotopic (exact) mass is 382 g/mol. The molecule has 4 rings (SSSR count). The van der Waals surface area contributed by atoms with Crippen molar-refractivity contribution in [1.29, 1.82) is 0 Å². The molecule has 3 heterocycles. The van der Waals surface area contributed by atoms with E-state index in [4.69, 9.17) is 26.7 Å². The SMILES string of the molecule is C[C@@H](CC(C)(C)O)n1nc(-c2ccc3oc(N)nc3c2)c2c(N)nc(N)nc21. The minimum Gasteiger partial charge on any atom is -0.424 e. The summed E-state index contributed by atoms with van der Waals surface area (Å²) in [5, 5.41) is 15.5. The molecule has 0 saturated heterocycles. The van der Waals surface area contributed by atoms with Crippen molar-refractivity contribution < 1.29 is 9.52 Å². The average Bonchev–Trinajstić information content (AvgIpc) is 3.12. The standard InChI is InChI=1S/C18H22N8O2/c1-8(7-18(2,3)27)26-15-12(14(19)23-16(20)24-15)13(25-26)9-4-5-11-10(6-9)22-17(21)28-11/h4-6,8,27H,7H2,1-3H3,(H2,21,22)(H4,19,20,23,24)/t8-/m0/s1. The van der Waals surface area contributed by atoms with E-state index in [2.05, 4.69) is 15.0 Å². The fourth-order valence-electron chi connectivity index (χ4n) is 3.49. The number of rotatable bonds is 4. The fraction of sp³-hybridized carbons (Fsp3) is 0.333. The predicted octanol–water partition coefficient (Wildman–Crippen LogP) is 2.10. The van der Waals surface area contributed by atoms with Gasteiger partial charge in [-0.2, -0.15) is 20.1 Å². The third kappa shape index (κ3) is 3.07. The molecule has 0 aliphatic heterocycles. The Morgan fingerprint density at radius 1 is 1.18 bits per heavy atom. The Labute approximate surface area is 160 Å².